The van der Waals surface area contributed by atoms with Gasteiger partial charge in [0.15, 0.2) is 0 Å². The number of fused-ring (bicyclic) bond motifs is 3. The first-order valence-corrected chi connectivity index (χ1v) is 12.0. The lowest BCUT2D eigenvalue weighted by molar-refractivity contribution is -0.142. The van der Waals surface area contributed by atoms with Gasteiger partial charge in [0.2, 0.25) is 5.91 Å². The van der Waals surface area contributed by atoms with Crippen LogP contribution in [0.5, 0.6) is 0 Å². The number of nitrogens with one attached hydrogen (secondary N) is 1. The average molecular weight is 477 g/mol. The molecule has 0 bridgehead atoms. The number of carboxylic acid groups (broad SMARTS) is 1. The number of nitrogens with zero attached hydrogens (tertiary/aromatic N) is 1. The molecule has 7 heteroatoms. The van der Waals surface area contributed by atoms with Crippen molar-refractivity contribution in [3.8, 4) is 11.1 Å². The number of amides is 2. The quantitative estimate of drug-likeness (QED) is 0.577. The normalized spacial score (nSPS) is 19.5. The van der Waals surface area contributed by atoms with E-state index in [1.165, 1.54) is 4.90 Å². The largest absolute Gasteiger partial charge is 0.481 e. The fourth-order valence-corrected chi connectivity index (χ4v) is 5.05. The third kappa shape index (κ3) is 5.24. The number of carboxylic acids is 1. The summed E-state index contributed by atoms with van der Waals surface area (Å²) in [5.74, 6) is -2.01. The zero-order valence-corrected chi connectivity index (χ0v) is 20.4. The van der Waals surface area contributed by atoms with Crippen LogP contribution in [0.25, 0.3) is 11.1 Å². The molecule has 4 rings (SSSR count). The molecule has 1 fully saturated rings. The number of likely N-dealkylation sites (tertiary alicyclic amines) is 1. The Hall–Kier alpha value is -3.61. The maximum Gasteiger partial charge on any atom is 0.407 e. The lowest BCUT2D eigenvalue weighted by Crippen LogP contribution is -2.48. The van der Waals surface area contributed by atoms with E-state index in [0.29, 0.717) is 13.0 Å². The molecule has 0 spiro atoms. The zero-order chi connectivity index (χ0) is 25.1. The highest BCUT2D eigenvalue weighted by molar-refractivity contribution is 5.87. The van der Waals surface area contributed by atoms with Gasteiger partial charge in [-0.3, -0.25) is 9.59 Å². The first kappa shape index (κ1) is 24.5. The van der Waals surface area contributed by atoms with Gasteiger partial charge < -0.3 is 20.1 Å². The second-order valence-electron chi connectivity index (χ2n) is 9.70. The maximum atomic E-state index is 13.2. The minimum atomic E-state index is -0.904. The van der Waals surface area contributed by atoms with Crippen molar-refractivity contribution in [2.24, 2.45) is 11.8 Å². The fraction of sp³-hybridized carbons (Fsp3) is 0.393. The topological polar surface area (TPSA) is 95.9 Å². The van der Waals surface area contributed by atoms with Gasteiger partial charge in [0.1, 0.15) is 12.6 Å². The number of ether oxygens (including phenoxy) is 1. The second kappa shape index (κ2) is 10.3. The molecule has 35 heavy (non-hydrogen) atoms. The first-order chi connectivity index (χ1) is 16.8. The molecule has 0 saturated carbocycles. The molecule has 1 heterocycles. The number of aliphatic carboxylic acids is 1. The molecule has 2 aliphatic rings. The summed E-state index contributed by atoms with van der Waals surface area (Å²) in [5, 5.41) is 12.2. The Labute approximate surface area is 205 Å². The minimum Gasteiger partial charge on any atom is -0.481 e. The van der Waals surface area contributed by atoms with Gasteiger partial charge in [-0.25, -0.2) is 4.79 Å². The van der Waals surface area contributed by atoms with Crippen LogP contribution in [0.1, 0.15) is 44.2 Å². The van der Waals surface area contributed by atoms with Crippen LogP contribution in [0, 0.1) is 11.8 Å². The van der Waals surface area contributed by atoms with E-state index < -0.39 is 24.0 Å². The van der Waals surface area contributed by atoms with E-state index in [9.17, 15) is 19.5 Å². The van der Waals surface area contributed by atoms with Crippen molar-refractivity contribution in [2.75, 3.05) is 19.7 Å². The average Bonchev–Trinajstić information content (AvgIpc) is 3.38. The molecule has 1 saturated heterocycles. The smallest absolute Gasteiger partial charge is 0.407 e. The Morgan fingerprint density at radius 1 is 1.06 bits per heavy atom. The van der Waals surface area contributed by atoms with Crippen LogP contribution in [0.4, 0.5) is 4.79 Å². The van der Waals surface area contributed by atoms with Crippen molar-refractivity contribution >= 4 is 18.0 Å². The number of carbonyl (C=O) groups is 3. The SMILES string of the molecule is CC(C)=CCC(NC(=O)OCC1c2ccccc2-c2ccccc21)C(=O)N1C[C@H](C(=O)O)[C@@H](C)C1. The predicted molar refractivity (Wildman–Crippen MR) is 133 cm³/mol. The van der Waals surface area contributed by atoms with E-state index in [2.05, 4.69) is 29.6 Å². The summed E-state index contributed by atoms with van der Waals surface area (Å²) in [6.45, 7) is 6.34. The monoisotopic (exact) mass is 476 g/mol. The van der Waals surface area contributed by atoms with Crippen molar-refractivity contribution in [3.05, 3.63) is 71.3 Å². The molecule has 0 radical (unpaired) electrons. The van der Waals surface area contributed by atoms with Crippen LogP contribution in [0.2, 0.25) is 0 Å². The van der Waals surface area contributed by atoms with E-state index in [4.69, 9.17) is 4.74 Å². The van der Waals surface area contributed by atoms with E-state index in [-0.39, 0.29) is 30.9 Å². The van der Waals surface area contributed by atoms with Gasteiger partial charge >= 0.3 is 12.1 Å². The molecule has 1 aliphatic heterocycles. The summed E-state index contributed by atoms with van der Waals surface area (Å²) < 4.78 is 5.63. The Morgan fingerprint density at radius 3 is 2.20 bits per heavy atom. The van der Waals surface area contributed by atoms with Crippen molar-refractivity contribution in [1.82, 2.24) is 10.2 Å². The highest BCUT2D eigenvalue weighted by atomic mass is 16.5. The highest BCUT2D eigenvalue weighted by Crippen LogP contribution is 2.44. The summed E-state index contributed by atoms with van der Waals surface area (Å²) in [4.78, 5) is 39.1. The number of carbonyl (C=O) groups excluding carboxylic acids is 2. The van der Waals surface area contributed by atoms with Crippen molar-refractivity contribution in [1.29, 1.82) is 0 Å². The summed E-state index contributed by atoms with van der Waals surface area (Å²) in [6, 6.07) is 15.4. The second-order valence-corrected chi connectivity index (χ2v) is 9.70. The number of allylic oxidation sites excluding steroid dienone is 1. The molecular weight excluding hydrogens is 444 g/mol. The number of hydrogen-bond donors (Lipinski definition) is 2. The Morgan fingerprint density at radius 2 is 1.66 bits per heavy atom. The van der Waals surface area contributed by atoms with Gasteiger partial charge in [-0.1, -0.05) is 67.1 Å². The van der Waals surface area contributed by atoms with E-state index in [1.807, 2.05) is 51.1 Å². The Balaban J connectivity index is 1.44. The van der Waals surface area contributed by atoms with Gasteiger partial charge in [0.05, 0.1) is 5.92 Å². The van der Waals surface area contributed by atoms with E-state index >= 15 is 0 Å². The van der Waals surface area contributed by atoms with Crippen molar-refractivity contribution < 1.29 is 24.2 Å². The van der Waals surface area contributed by atoms with Gasteiger partial charge in [-0.15, -0.1) is 0 Å². The van der Waals surface area contributed by atoms with Crippen LogP contribution in [0.3, 0.4) is 0 Å². The number of rotatable bonds is 7. The molecule has 1 unspecified atom stereocenters. The Bertz CT molecular complexity index is 1110. The predicted octanol–water partition coefficient (Wildman–Crippen LogP) is 4.43. The van der Waals surface area contributed by atoms with Crippen LogP contribution < -0.4 is 5.32 Å². The third-order valence-electron chi connectivity index (χ3n) is 6.94. The van der Waals surface area contributed by atoms with Gasteiger partial charge in [0, 0.05) is 19.0 Å². The summed E-state index contributed by atoms with van der Waals surface area (Å²) in [5.41, 5.74) is 5.54. The van der Waals surface area contributed by atoms with Crippen LogP contribution >= 0.6 is 0 Å². The molecule has 0 aromatic heterocycles. The van der Waals surface area contributed by atoms with Crippen molar-refractivity contribution in [3.63, 3.8) is 0 Å². The maximum absolute atomic E-state index is 13.2. The number of hydrogen-bond acceptors (Lipinski definition) is 4. The van der Waals surface area contributed by atoms with Gasteiger partial charge in [0.25, 0.3) is 0 Å². The fourth-order valence-electron chi connectivity index (χ4n) is 5.05. The molecule has 2 aromatic carbocycles. The number of benzene rings is 2. The molecule has 2 aromatic rings. The lowest BCUT2D eigenvalue weighted by atomic mass is 9.98. The van der Waals surface area contributed by atoms with E-state index in [1.54, 1.807) is 0 Å². The van der Waals surface area contributed by atoms with Crippen LogP contribution in [-0.2, 0) is 14.3 Å². The third-order valence-corrected chi connectivity index (χ3v) is 6.94. The van der Waals surface area contributed by atoms with E-state index in [0.717, 1.165) is 27.8 Å². The standard InChI is InChI=1S/C28H32N2O5/c1-17(2)12-13-25(26(31)30-14-18(3)23(15-30)27(32)33)29-28(34)35-16-24-21-10-6-4-8-19(21)20-9-5-7-11-22(20)24/h4-12,18,23-25H,13-16H2,1-3H3,(H,29,34)(H,32,33)/t18-,23-,25?/m0/s1. The molecule has 184 valence electrons. The molecule has 7 nitrogen and oxygen atoms in total. The van der Waals surface area contributed by atoms with Gasteiger partial charge in [-0.05, 0) is 48.4 Å². The minimum absolute atomic E-state index is 0.0733. The molecular formula is C28H32N2O5. The summed E-state index contributed by atoms with van der Waals surface area (Å²) >= 11 is 0. The lowest BCUT2D eigenvalue weighted by Gasteiger charge is -2.24. The number of alkyl carbamates (subject to hydrolysis) is 1. The summed E-state index contributed by atoms with van der Waals surface area (Å²) in [7, 11) is 0. The molecule has 1 aliphatic carbocycles. The molecule has 2 N–H and O–H groups in total. The van der Waals surface area contributed by atoms with Crippen LogP contribution in [-0.4, -0.2) is 53.7 Å². The first-order valence-electron chi connectivity index (χ1n) is 12.0. The summed E-state index contributed by atoms with van der Waals surface area (Å²) in [6.07, 6.45) is 1.54. The molecule has 2 amide bonds. The highest BCUT2D eigenvalue weighted by Gasteiger charge is 2.39. The molecule has 3 atom stereocenters. The van der Waals surface area contributed by atoms with Gasteiger partial charge in [-0.2, -0.15) is 0 Å². The zero-order valence-electron chi connectivity index (χ0n) is 20.4. The Kier molecular flexibility index (Phi) is 7.24. The van der Waals surface area contributed by atoms with Crippen molar-refractivity contribution in [2.45, 2.75) is 39.2 Å². The van der Waals surface area contributed by atoms with Crippen LogP contribution in [0.15, 0.2) is 60.2 Å².